The van der Waals surface area contributed by atoms with Crippen LogP contribution in [0.25, 0.3) is 0 Å². The average molecular weight is 106 g/mol. The molecule has 0 aromatic rings. The van der Waals surface area contributed by atoms with Crippen LogP contribution in [0, 0.1) is 0 Å². The van der Waals surface area contributed by atoms with E-state index in [2.05, 4.69) is 0 Å². The van der Waals surface area contributed by atoms with E-state index >= 15 is 0 Å². The van der Waals surface area contributed by atoms with Crippen molar-refractivity contribution >= 4 is 8.03 Å². The summed E-state index contributed by atoms with van der Waals surface area (Å²) in [5.41, 5.74) is 0. The zero-order chi connectivity index (χ0) is 4.99. The highest BCUT2D eigenvalue weighted by atomic mass is 31.1. The van der Waals surface area contributed by atoms with Gasteiger partial charge in [-0.15, -0.1) is 0 Å². The molecular formula is C3H7O2P. The number of hydrogen-bond acceptors (Lipinski definition) is 1. The second-order valence-electron chi connectivity index (χ2n) is 0.838. The van der Waals surface area contributed by atoms with Gasteiger partial charge in [-0.25, -0.2) is 0 Å². The Bertz CT molecular complexity index is 76.9. The maximum absolute atomic E-state index is 9.70. The SMILES string of the molecule is C/C=C\[PH](=O)O. The van der Waals surface area contributed by atoms with Crippen molar-refractivity contribution in [2.45, 2.75) is 6.92 Å². The summed E-state index contributed by atoms with van der Waals surface area (Å²) in [5, 5.41) is 0. The van der Waals surface area contributed by atoms with Crippen molar-refractivity contribution in [2.24, 2.45) is 0 Å². The van der Waals surface area contributed by atoms with E-state index in [1.165, 1.54) is 5.82 Å². The Morgan fingerprint density at radius 1 is 1.83 bits per heavy atom. The van der Waals surface area contributed by atoms with E-state index < -0.39 is 8.03 Å². The van der Waals surface area contributed by atoms with Crippen molar-refractivity contribution in [3.63, 3.8) is 0 Å². The van der Waals surface area contributed by atoms with Gasteiger partial charge in [0.1, 0.15) is 0 Å². The Hall–Kier alpha value is -0.0700. The van der Waals surface area contributed by atoms with Crippen LogP contribution in [0.4, 0.5) is 0 Å². The molecule has 0 heterocycles. The smallest absolute Gasteiger partial charge is 0.210 e. The molecule has 0 rings (SSSR count). The topological polar surface area (TPSA) is 37.3 Å². The standard InChI is InChI=1S/C3H7O2P/c1-2-3-6(4)5/h2-3,6H,1H3,(H,4,5)/b3-2-. The monoisotopic (exact) mass is 106 g/mol. The molecule has 0 aliphatic heterocycles. The molecule has 0 aromatic carbocycles. The lowest BCUT2D eigenvalue weighted by Gasteiger charge is -1.70. The molecular weight excluding hydrogens is 99.0 g/mol. The molecule has 1 unspecified atom stereocenters. The minimum absolute atomic E-state index is 1.27. The highest BCUT2D eigenvalue weighted by Gasteiger charge is 1.71. The van der Waals surface area contributed by atoms with Gasteiger partial charge in [0.2, 0.25) is 8.03 Å². The van der Waals surface area contributed by atoms with E-state index in [0.717, 1.165) is 0 Å². The minimum Gasteiger partial charge on any atom is -0.344 e. The molecule has 0 radical (unpaired) electrons. The van der Waals surface area contributed by atoms with Gasteiger partial charge in [-0.1, -0.05) is 6.08 Å². The summed E-state index contributed by atoms with van der Waals surface area (Å²) in [6.45, 7) is 1.71. The van der Waals surface area contributed by atoms with Gasteiger partial charge in [-0.3, -0.25) is 4.57 Å². The lowest BCUT2D eigenvalue weighted by atomic mass is 10.8. The van der Waals surface area contributed by atoms with Crippen molar-refractivity contribution in [1.29, 1.82) is 0 Å². The Morgan fingerprint density at radius 2 is 2.33 bits per heavy atom. The van der Waals surface area contributed by atoms with Gasteiger partial charge in [0.25, 0.3) is 0 Å². The van der Waals surface area contributed by atoms with Gasteiger partial charge >= 0.3 is 0 Å². The van der Waals surface area contributed by atoms with Crippen LogP contribution in [0.1, 0.15) is 6.92 Å². The summed E-state index contributed by atoms with van der Waals surface area (Å²) in [6, 6.07) is 0. The minimum atomic E-state index is -2.32. The summed E-state index contributed by atoms with van der Waals surface area (Å²) in [6.07, 6.45) is 1.56. The van der Waals surface area contributed by atoms with E-state index in [4.69, 9.17) is 4.89 Å². The van der Waals surface area contributed by atoms with Crippen LogP contribution in [0.3, 0.4) is 0 Å². The summed E-state index contributed by atoms with van der Waals surface area (Å²) < 4.78 is 9.70. The van der Waals surface area contributed by atoms with Gasteiger partial charge in [0, 0.05) is 0 Å². The van der Waals surface area contributed by atoms with E-state index in [0.29, 0.717) is 0 Å². The fraction of sp³-hybridized carbons (Fsp3) is 0.333. The summed E-state index contributed by atoms with van der Waals surface area (Å²) >= 11 is 0. The van der Waals surface area contributed by atoms with Crippen molar-refractivity contribution in [3.05, 3.63) is 11.9 Å². The van der Waals surface area contributed by atoms with Gasteiger partial charge in [0.05, 0.1) is 0 Å². The third kappa shape index (κ3) is 3.93. The summed E-state index contributed by atoms with van der Waals surface area (Å²) in [4.78, 5) is 8.01. The number of allylic oxidation sites excluding steroid dienone is 1. The highest BCUT2D eigenvalue weighted by molar-refractivity contribution is 7.41. The molecule has 0 amide bonds. The predicted octanol–water partition coefficient (Wildman–Crippen LogP) is 0.987. The van der Waals surface area contributed by atoms with Crippen LogP contribution in [0.5, 0.6) is 0 Å². The molecule has 6 heavy (non-hydrogen) atoms. The molecule has 0 spiro atoms. The van der Waals surface area contributed by atoms with Crippen molar-refractivity contribution in [2.75, 3.05) is 0 Å². The van der Waals surface area contributed by atoms with Crippen molar-refractivity contribution in [1.82, 2.24) is 0 Å². The third-order valence-electron chi connectivity index (χ3n) is 0.309. The lowest BCUT2D eigenvalue weighted by molar-refractivity contribution is 0.512. The molecule has 0 saturated heterocycles. The average Bonchev–Trinajstić information content (AvgIpc) is 1.35. The quantitative estimate of drug-likeness (QED) is 0.506. The van der Waals surface area contributed by atoms with E-state index in [1.54, 1.807) is 13.0 Å². The fourth-order valence-corrected chi connectivity index (χ4v) is 0.428. The normalized spacial score (nSPS) is 15.7. The molecule has 2 nitrogen and oxygen atoms in total. The van der Waals surface area contributed by atoms with E-state index in [-0.39, 0.29) is 0 Å². The maximum atomic E-state index is 9.70. The Morgan fingerprint density at radius 3 is 2.33 bits per heavy atom. The van der Waals surface area contributed by atoms with E-state index in [9.17, 15) is 4.57 Å². The van der Waals surface area contributed by atoms with Crippen LogP contribution < -0.4 is 0 Å². The zero-order valence-electron chi connectivity index (χ0n) is 3.51. The molecule has 0 aliphatic carbocycles. The molecule has 0 saturated carbocycles. The van der Waals surface area contributed by atoms with Crippen molar-refractivity contribution < 1.29 is 9.46 Å². The Kier molecular flexibility index (Phi) is 3.10. The molecule has 0 fully saturated rings. The van der Waals surface area contributed by atoms with Crippen LogP contribution in [-0.4, -0.2) is 4.89 Å². The second-order valence-corrected chi connectivity index (χ2v) is 1.85. The van der Waals surface area contributed by atoms with Crippen LogP contribution in [0.2, 0.25) is 0 Å². The molecule has 1 atom stereocenters. The first kappa shape index (κ1) is 5.93. The van der Waals surface area contributed by atoms with Crippen molar-refractivity contribution in [3.8, 4) is 0 Å². The predicted molar refractivity (Wildman–Crippen MR) is 26.0 cm³/mol. The first-order chi connectivity index (χ1) is 2.77. The first-order valence-corrected chi connectivity index (χ1v) is 3.06. The first-order valence-electron chi connectivity index (χ1n) is 1.63. The fourth-order valence-electron chi connectivity index (χ4n) is 0.143. The Balaban J connectivity index is 3.30. The van der Waals surface area contributed by atoms with Gasteiger partial charge in [-0.2, -0.15) is 0 Å². The van der Waals surface area contributed by atoms with Gasteiger partial charge in [-0.05, 0) is 12.7 Å². The van der Waals surface area contributed by atoms with Crippen LogP contribution >= 0.6 is 8.03 Å². The Labute approximate surface area is 37.4 Å². The largest absolute Gasteiger partial charge is 0.344 e. The summed E-state index contributed by atoms with van der Waals surface area (Å²) in [5.74, 6) is 1.27. The number of rotatable bonds is 1. The highest BCUT2D eigenvalue weighted by Crippen LogP contribution is 2.12. The lowest BCUT2D eigenvalue weighted by Crippen LogP contribution is -1.41. The van der Waals surface area contributed by atoms with Gasteiger partial charge < -0.3 is 4.89 Å². The van der Waals surface area contributed by atoms with E-state index in [1.807, 2.05) is 0 Å². The maximum Gasteiger partial charge on any atom is 0.210 e. The summed E-state index contributed by atoms with van der Waals surface area (Å²) in [7, 11) is -2.32. The van der Waals surface area contributed by atoms with Crippen LogP contribution in [-0.2, 0) is 4.57 Å². The third-order valence-corrected chi connectivity index (χ3v) is 0.928. The van der Waals surface area contributed by atoms with Crippen LogP contribution in [0.15, 0.2) is 11.9 Å². The zero-order valence-corrected chi connectivity index (χ0v) is 4.51. The molecule has 1 N–H and O–H groups in total. The molecule has 0 aromatic heterocycles. The molecule has 0 aliphatic rings. The molecule has 3 heteroatoms. The second kappa shape index (κ2) is 3.13. The number of hydrogen-bond donors (Lipinski definition) is 1. The van der Waals surface area contributed by atoms with Gasteiger partial charge in [0.15, 0.2) is 0 Å². The molecule has 0 bridgehead atoms. The molecule has 36 valence electrons.